The molecule has 1 rings (SSSR count). The van der Waals surface area contributed by atoms with Crippen molar-refractivity contribution in [1.29, 1.82) is 0 Å². The maximum atomic E-state index is 11.6. The number of nitrogens with one attached hydrogen (secondary N) is 1. The fourth-order valence-electron chi connectivity index (χ4n) is 1.78. The van der Waals surface area contributed by atoms with E-state index < -0.39 is 0 Å². The summed E-state index contributed by atoms with van der Waals surface area (Å²) in [6.07, 6.45) is 0.205. The molecule has 17 heavy (non-hydrogen) atoms. The van der Waals surface area contributed by atoms with Gasteiger partial charge in [0.05, 0.1) is 0 Å². The van der Waals surface area contributed by atoms with Crippen molar-refractivity contribution in [2.24, 2.45) is 5.11 Å². The molecule has 1 aromatic carbocycles. The second-order valence-corrected chi connectivity index (χ2v) is 4.03. The first kappa shape index (κ1) is 13.1. The van der Waals surface area contributed by atoms with E-state index in [4.69, 9.17) is 5.53 Å². The Labute approximate surface area is 100 Å². The summed E-state index contributed by atoms with van der Waals surface area (Å²) in [5.74, 6) is -0.132. The van der Waals surface area contributed by atoms with Gasteiger partial charge in [-0.05, 0) is 37.4 Å². The summed E-state index contributed by atoms with van der Waals surface area (Å²) in [6, 6.07) is 4.05. The number of carbonyl (C=O) groups excluding carboxylic acids is 1. The van der Waals surface area contributed by atoms with Crippen molar-refractivity contribution in [3.63, 3.8) is 0 Å². The second kappa shape index (κ2) is 5.92. The summed E-state index contributed by atoms with van der Waals surface area (Å²) in [6.45, 7) is 6.13. The van der Waals surface area contributed by atoms with Gasteiger partial charge in [0, 0.05) is 23.6 Å². The lowest BCUT2D eigenvalue weighted by Gasteiger charge is -2.12. The fraction of sp³-hybridized carbons (Fsp3) is 0.417. The van der Waals surface area contributed by atoms with Gasteiger partial charge in [-0.3, -0.25) is 4.79 Å². The summed E-state index contributed by atoms with van der Waals surface area (Å²) in [4.78, 5) is 14.2. The summed E-state index contributed by atoms with van der Waals surface area (Å²) >= 11 is 0. The van der Waals surface area contributed by atoms with Gasteiger partial charge in [0.2, 0.25) is 5.91 Å². The lowest BCUT2D eigenvalue weighted by atomic mass is 10.1. The van der Waals surface area contributed by atoms with E-state index in [0.717, 1.165) is 16.8 Å². The molecule has 0 unspecified atom stereocenters. The molecule has 1 amide bonds. The van der Waals surface area contributed by atoms with Crippen LogP contribution in [-0.4, -0.2) is 12.5 Å². The van der Waals surface area contributed by atoms with Crippen molar-refractivity contribution in [3.8, 4) is 0 Å². The van der Waals surface area contributed by atoms with Gasteiger partial charge in [0.25, 0.3) is 0 Å². The van der Waals surface area contributed by atoms with Crippen molar-refractivity contribution in [1.82, 2.24) is 0 Å². The zero-order valence-corrected chi connectivity index (χ0v) is 10.3. The topological polar surface area (TPSA) is 77.9 Å². The van der Waals surface area contributed by atoms with Crippen LogP contribution in [0.4, 0.5) is 5.69 Å². The average Bonchev–Trinajstić information content (AvgIpc) is 2.24. The average molecular weight is 232 g/mol. The molecule has 0 heterocycles. The molecule has 5 heteroatoms. The number of benzene rings is 1. The molecular formula is C12H16N4O. The van der Waals surface area contributed by atoms with Crippen molar-refractivity contribution in [3.05, 3.63) is 39.3 Å². The predicted molar refractivity (Wildman–Crippen MR) is 67.9 cm³/mol. The standard InChI is InChI=1S/C12H16N4O/c1-8-6-9(2)12(10(3)7-8)15-11(17)4-5-14-16-13/h6-7H,4-5H2,1-3H3,(H,15,17). The van der Waals surface area contributed by atoms with Gasteiger partial charge in [-0.2, -0.15) is 0 Å². The van der Waals surface area contributed by atoms with Crippen LogP contribution in [0, 0.1) is 20.8 Å². The molecule has 0 atom stereocenters. The van der Waals surface area contributed by atoms with Gasteiger partial charge in [-0.15, -0.1) is 0 Å². The zero-order chi connectivity index (χ0) is 12.8. The van der Waals surface area contributed by atoms with E-state index in [0.29, 0.717) is 0 Å². The number of hydrogen-bond acceptors (Lipinski definition) is 2. The second-order valence-electron chi connectivity index (χ2n) is 4.03. The Bertz CT molecular complexity index is 452. The first-order valence-electron chi connectivity index (χ1n) is 5.43. The van der Waals surface area contributed by atoms with Crippen LogP contribution in [0.15, 0.2) is 17.2 Å². The van der Waals surface area contributed by atoms with Crippen LogP contribution in [0.1, 0.15) is 23.1 Å². The van der Waals surface area contributed by atoms with Gasteiger partial charge in [0.15, 0.2) is 0 Å². The Morgan fingerprint density at radius 3 is 2.47 bits per heavy atom. The largest absolute Gasteiger partial charge is 0.326 e. The molecule has 0 fully saturated rings. The number of anilines is 1. The molecule has 0 saturated heterocycles. The molecule has 1 aromatic rings. The summed E-state index contributed by atoms with van der Waals surface area (Å²) < 4.78 is 0. The number of azide groups is 1. The van der Waals surface area contributed by atoms with Gasteiger partial charge in [-0.1, -0.05) is 22.8 Å². The molecular weight excluding hydrogens is 216 g/mol. The third-order valence-electron chi connectivity index (χ3n) is 2.44. The van der Waals surface area contributed by atoms with Crippen molar-refractivity contribution < 1.29 is 4.79 Å². The molecule has 0 aromatic heterocycles. The molecule has 0 spiro atoms. The quantitative estimate of drug-likeness (QED) is 0.482. The van der Waals surface area contributed by atoms with E-state index in [1.807, 2.05) is 32.9 Å². The first-order chi connectivity index (χ1) is 8.04. The van der Waals surface area contributed by atoms with Gasteiger partial charge >= 0.3 is 0 Å². The molecule has 90 valence electrons. The third-order valence-corrected chi connectivity index (χ3v) is 2.44. The van der Waals surface area contributed by atoms with Crippen molar-refractivity contribution in [2.45, 2.75) is 27.2 Å². The summed E-state index contributed by atoms with van der Waals surface area (Å²) in [7, 11) is 0. The monoisotopic (exact) mass is 232 g/mol. The highest BCUT2D eigenvalue weighted by Crippen LogP contribution is 2.21. The minimum absolute atomic E-state index is 0.132. The Balaban J connectivity index is 2.74. The molecule has 0 aliphatic carbocycles. The van der Waals surface area contributed by atoms with E-state index in [2.05, 4.69) is 15.3 Å². The molecule has 0 aliphatic rings. The lowest BCUT2D eigenvalue weighted by Crippen LogP contribution is -2.14. The minimum atomic E-state index is -0.132. The first-order valence-corrected chi connectivity index (χ1v) is 5.43. The smallest absolute Gasteiger partial charge is 0.224 e. The highest BCUT2D eigenvalue weighted by Gasteiger charge is 2.07. The van der Waals surface area contributed by atoms with E-state index in [1.54, 1.807) is 0 Å². The molecule has 0 saturated carbocycles. The van der Waals surface area contributed by atoms with Crippen LogP contribution < -0.4 is 5.32 Å². The van der Waals surface area contributed by atoms with Gasteiger partial charge in [-0.25, -0.2) is 0 Å². The van der Waals surface area contributed by atoms with Crippen LogP contribution in [0.2, 0.25) is 0 Å². The number of hydrogen-bond donors (Lipinski definition) is 1. The van der Waals surface area contributed by atoms with Crippen LogP contribution in [-0.2, 0) is 4.79 Å². The minimum Gasteiger partial charge on any atom is -0.326 e. The van der Waals surface area contributed by atoms with Gasteiger partial charge < -0.3 is 5.32 Å². The Morgan fingerprint density at radius 2 is 1.94 bits per heavy atom. The maximum absolute atomic E-state index is 11.6. The highest BCUT2D eigenvalue weighted by atomic mass is 16.1. The Hall–Kier alpha value is -2.00. The predicted octanol–water partition coefficient (Wildman–Crippen LogP) is 3.25. The zero-order valence-electron chi connectivity index (χ0n) is 10.3. The van der Waals surface area contributed by atoms with Crippen molar-refractivity contribution >= 4 is 11.6 Å². The molecule has 0 bridgehead atoms. The van der Waals surface area contributed by atoms with Gasteiger partial charge in [0.1, 0.15) is 0 Å². The summed E-state index contributed by atoms with van der Waals surface area (Å²) in [5.41, 5.74) is 12.2. The number of aryl methyl sites for hydroxylation is 3. The number of amides is 1. The Kier molecular flexibility index (Phi) is 4.55. The molecule has 5 nitrogen and oxygen atoms in total. The van der Waals surface area contributed by atoms with E-state index in [9.17, 15) is 4.79 Å². The van der Waals surface area contributed by atoms with Crippen LogP contribution in [0.25, 0.3) is 10.4 Å². The normalized spacial score (nSPS) is 9.59. The molecule has 0 aliphatic heterocycles. The van der Waals surface area contributed by atoms with Crippen molar-refractivity contribution in [2.75, 3.05) is 11.9 Å². The molecule has 1 N–H and O–H groups in total. The number of rotatable bonds is 4. The van der Waals surface area contributed by atoms with Crippen LogP contribution >= 0.6 is 0 Å². The molecule has 0 radical (unpaired) electrons. The highest BCUT2D eigenvalue weighted by molar-refractivity contribution is 5.92. The van der Waals surface area contributed by atoms with E-state index >= 15 is 0 Å². The van der Waals surface area contributed by atoms with E-state index in [-0.39, 0.29) is 18.9 Å². The number of carbonyl (C=O) groups is 1. The SMILES string of the molecule is Cc1cc(C)c(NC(=O)CCN=[N+]=[N-])c(C)c1. The lowest BCUT2D eigenvalue weighted by molar-refractivity contribution is -0.116. The fourth-order valence-corrected chi connectivity index (χ4v) is 1.78. The third kappa shape index (κ3) is 3.81. The number of nitrogens with zero attached hydrogens (tertiary/aromatic N) is 3. The van der Waals surface area contributed by atoms with Crippen LogP contribution in [0.5, 0.6) is 0 Å². The van der Waals surface area contributed by atoms with Crippen LogP contribution in [0.3, 0.4) is 0 Å². The Morgan fingerprint density at radius 1 is 1.35 bits per heavy atom. The van der Waals surface area contributed by atoms with E-state index in [1.165, 1.54) is 5.56 Å². The summed E-state index contributed by atoms with van der Waals surface area (Å²) in [5, 5.41) is 6.17. The maximum Gasteiger partial charge on any atom is 0.224 e.